The summed E-state index contributed by atoms with van der Waals surface area (Å²) in [6.07, 6.45) is 5.08. The molecular weight excluding hydrogens is 458 g/mol. The molecule has 0 saturated heterocycles. The number of hydrogen-bond acceptors (Lipinski definition) is 6. The quantitative estimate of drug-likeness (QED) is 0.674. The van der Waals surface area contributed by atoms with Crippen molar-refractivity contribution >= 4 is 39.7 Å². The van der Waals surface area contributed by atoms with Crippen LogP contribution >= 0.6 is 11.6 Å². The molecule has 0 spiro atoms. The third-order valence-corrected chi connectivity index (χ3v) is 8.16. The molecule has 0 unspecified atom stereocenters. The van der Waals surface area contributed by atoms with Crippen LogP contribution in [0.2, 0.25) is 5.02 Å². The second-order valence-corrected chi connectivity index (χ2v) is 10.4. The summed E-state index contributed by atoms with van der Waals surface area (Å²) in [5, 5.41) is 13.6. The van der Waals surface area contributed by atoms with Crippen molar-refractivity contribution in [2.75, 3.05) is 35.7 Å². The lowest BCUT2D eigenvalue weighted by molar-refractivity contribution is 0.0191. The number of fused-ring (bicyclic) bond motifs is 1. The van der Waals surface area contributed by atoms with E-state index in [4.69, 9.17) is 11.6 Å². The summed E-state index contributed by atoms with van der Waals surface area (Å²) in [6.45, 7) is 0.892. The van der Waals surface area contributed by atoms with Gasteiger partial charge in [-0.15, -0.1) is 0 Å². The van der Waals surface area contributed by atoms with Gasteiger partial charge in [0.05, 0.1) is 28.7 Å². The summed E-state index contributed by atoms with van der Waals surface area (Å²) in [5.41, 5.74) is 1.15. The first kappa shape index (κ1) is 21.7. The standard InChI is InChI=1S/C22H23ClF2N4O2S/c23-16-4-2-14(3-5-16)15-6-10-29(11-7-15)20-26-18-17(32(31)13-22(18,24)25)19(27-20)28-21(12-30)8-1-9-21/h2-6,30H,1,7-13H2,(H,26,27,28)/t32-/m0/s1. The Balaban J connectivity index is 1.48. The van der Waals surface area contributed by atoms with Crippen molar-refractivity contribution in [1.82, 2.24) is 9.97 Å². The number of nitrogens with zero attached hydrogens (tertiary/aromatic N) is 3. The van der Waals surface area contributed by atoms with Gasteiger partial charge in [0.2, 0.25) is 5.95 Å². The lowest BCUT2D eigenvalue weighted by Crippen LogP contribution is -2.48. The summed E-state index contributed by atoms with van der Waals surface area (Å²) in [5.74, 6) is -3.73. The zero-order valence-electron chi connectivity index (χ0n) is 17.3. The fraction of sp³-hybridized carbons (Fsp3) is 0.455. The molecule has 6 nitrogen and oxygen atoms in total. The second kappa shape index (κ2) is 8.04. The van der Waals surface area contributed by atoms with Gasteiger partial charge < -0.3 is 15.3 Å². The average molecular weight is 481 g/mol. The van der Waals surface area contributed by atoms with Crippen LogP contribution in [0.25, 0.3) is 5.57 Å². The lowest BCUT2D eigenvalue weighted by Gasteiger charge is -2.41. The molecule has 0 amide bonds. The van der Waals surface area contributed by atoms with Gasteiger partial charge >= 0.3 is 5.92 Å². The van der Waals surface area contributed by atoms with Crippen molar-refractivity contribution < 1.29 is 18.1 Å². The van der Waals surface area contributed by atoms with E-state index in [1.807, 2.05) is 35.2 Å². The molecule has 5 rings (SSSR count). The maximum atomic E-state index is 14.6. The molecule has 3 aliphatic rings. The minimum Gasteiger partial charge on any atom is -0.394 e. The Morgan fingerprint density at radius 2 is 1.97 bits per heavy atom. The molecule has 2 aliphatic heterocycles. The highest BCUT2D eigenvalue weighted by molar-refractivity contribution is 7.85. The van der Waals surface area contributed by atoms with Crippen LogP contribution in [0.3, 0.4) is 0 Å². The van der Waals surface area contributed by atoms with Crippen molar-refractivity contribution in [3.05, 3.63) is 46.6 Å². The topological polar surface area (TPSA) is 78.4 Å². The zero-order valence-corrected chi connectivity index (χ0v) is 18.9. The molecular formula is C22H23ClF2N4O2S. The molecule has 1 saturated carbocycles. The number of anilines is 2. The van der Waals surface area contributed by atoms with E-state index in [9.17, 15) is 18.1 Å². The van der Waals surface area contributed by atoms with Crippen LogP contribution in [0.15, 0.2) is 35.2 Å². The maximum absolute atomic E-state index is 14.6. The number of alkyl halides is 2. The molecule has 1 aromatic heterocycles. The van der Waals surface area contributed by atoms with E-state index in [0.717, 1.165) is 17.6 Å². The zero-order chi connectivity index (χ0) is 22.5. The normalized spacial score (nSPS) is 23.3. The Morgan fingerprint density at radius 1 is 1.22 bits per heavy atom. The van der Waals surface area contributed by atoms with E-state index in [1.54, 1.807) is 0 Å². The highest BCUT2D eigenvalue weighted by Crippen LogP contribution is 2.45. The molecule has 1 fully saturated rings. The number of benzene rings is 1. The summed E-state index contributed by atoms with van der Waals surface area (Å²) in [4.78, 5) is 10.5. The van der Waals surface area contributed by atoms with E-state index in [0.29, 0.717) is 37.4 Å². The highest BCUT2D eigenvalue weighted by Gasteiger charge is 2.49. The van der Waals surface area contributed by atoms with Gasteiger partial charge in [0.25, 0.3) is 0 Å². The van der Waals surface area contributed by atoms with Crippen molar-refractivity contribution in [1.29, 1.82) is 0 Å². The van der Waals surface area contributed by atoms with Crippen molar-refractivity contribution in [2.24, 2.45) is 0 Å². The van der Waals surface area contributed by atoms with Gasteiger partial charge in [-0.25, -0.2) is 4.98 Å². The van der Waals surface area contributed by atoms with Crippen LogP contribution in [0.4, 0.5) is 20.5 Å². The molecule has 1 atom stereocenters. The Kier molecular flexibility index (Phi) is 5.46. The third-order valence-electron chi connectivity index (χ3n) is 6.44. The van der Waals surface area contributed by atoms with Crippen molar-refractivity contribution in [3.8, 4) is 0 Å². The van der Waals surface area contributed by atoms with E-state index < -0.39 is 33.7 Å². The number of hydrogen-bond donors (Lipinski definition) is 2. The number of aliphatic hydroxyl groups is 1. The van der Waals surface area contributed by atoms with Crippen molar-refractivity contribution in [3.63, 3.8) is 0 Å². The third kappa shape index (κ3) is 3.80. The first-order chi connectivity index (χ1) is 15.3. The minimum absolute atomic E-state index is 0.0344. The van der Waals surface area contributed by atoms with Crippen LogP contribution in [-0.2, 0) is 16.7 Å². The van der Waals surface area contributed by atoms with Gasteiger partial charge in [-0.05, 0) is 49.0 Å². The molecule has 1 aromatic carbocycles. The number of nitrogens with one attached hydrogen (secondary N) is 1. The Bertz CT molecular complexity index is 1100. The number of rotatable bonds is 5. The van der Waals surface area contributed by atoms with E-state index in [2.05, 4.69) is 15.3 Å². The molecule has 2 N–H and O–H groups in total. The average Bonchev–Trinajstić information content (AvgIpc) is 2.99. The van der Waals surface area contributed by atoms with Gasteiger partial charge in [0.1, 0.15) is 16.4 Å². The van der Waals surface area contributed by atoms with Gasteiger partial charge in [-0.1, -0.05) is 29.8 Å². The fourth-order valence-electron chi connectivity index (χ4n) is 4.39. The van der Waals surface area contributed by atoms with Crippen LogP contribution < -0.4 is 10.2 Å². The molecule has 170 valence electrons. The second-order valence-electron chi connectivity index (χ2n) is 8.59. The van der Waals surface area contributed by atoms with Crippen LogP contribution in [-0.4, -0.2) is 50.3 Å². The van der Waals surface area contributed by atoms with Crippen LogP contribution in [0.1, 0.15) is 36.9 Å². The SMILES string of the molecule is O=[S@]1CC(F)(F)c2nc(N3CC=C(c4ccc(Cl)cc4)CC3)nc(NC3(CO)CCC3)c21. The van der Waals surface area contributed by atoms with Gasteiger partial charge in [0, 0.05) is 18.1 Å². The molecule has 2 aromatic rings. The summed E-state index contributed by atoms with van der Waals surface area (Å²) in [7, 11) is -1.90. The monoisotopic (exact) mass is 480 g/mol. The smallest absolute Gasteiger partial charge is 0.302 e. The number of aliphatic hydroxyl groups excluding tert-OH is 1. The van der Waals surface area contributed by atoms with Gasteiger partial charge in [-0.3, -0.25) is 4.21 Å². The molecule has 3 heterocycles. The number of aromatic nitrogens is 2. The summed E-state index contributed by atoms with van der Waals surface area (Å²) in [6, 6.07) is 7.59. The lowest BCUT2D eigenvalue weighted by atomic mass is 9.77. The molecule has 32 heavy (non-hydrogen) atoms. The summed E-state index contributed by atoms with van der Waals surface area (Å²) >= 11 is 5.97. The maximum Gasteiger partial charge on any atom is 0.302 e. The molecule has 1 aliphatic carbocycles. The first-order valence-electron chi connectivity index (χ1n) is 10.6. The van der Waals surface area contributed by atoms with Crippen molar-refractivity contribution in [2.45, 2.75) is 42.0 Å². The van der Waals surface area contributed by atoms with E-state index in [-0.39, 0.29) is 23.3 Å². The Morgan fingerprint density at radius 3 is 2.56 bits per heavy atom. The van der Waals surface area contributed by atoms with Gasteiger partial charge in [0.15, 0.2) is 0 Å². The molecule has 0 bridgehead atoms. The fourth-order valence-corrected chi connectivity index (χ4v) is 5.85. The Hall–Kier alpha value is -2.10. The predicted molar refractivity (Wildman–Crippen MR) is 121 cm³/mol. The molecule has 10 heteroatoms. The largest absolute Gasteiger partial charge is 0.394 e. The Labute approximate surface area is 192 Å². The number of halogens is 3. The highest BCUT2D eigenvalue weighted by atomic mass is 35.5. The van der Waals surface area contributed by atoms with E-state index >= 15 is 0 Å². The molecule has 0 radical (unpaired) electrons. The van der Waals surface area contributed by atoms with Crippen LogP contribution in [0, 0.1) is 0 Å². The summed E-state index contributed by atoms with van der Waals surface area (Å²) < 4.78 is 41.8. The first-order valence-corrected chi connectivity index (χ1v) is 12.3. The van der Waals surface area contributed by atoms with Gasteiger partial charge in [-0.2, -0.15) is 13.8 Å². The van der Waals surface area contributed by atoms with E-state index in [1.165, 1.54) is 0 Å². The van der Waals surface area contributed by atoms with Crippen LogP contribution in [0.5, 0.6) is 0 Å². The minimum atomic E-state index is -3.28. The predicted octanol–water partition coefficient (Wildman–Crippen LogP) is 3.96.